The Labute approximate surface area is 147 Å². The number of anilines is 1. The Morgan fingerprint density at radius 3 is 2.32 bits per heavy atom. The minimum Gasteiger partial charge on any atom is -0.497 e. The van der Waals surface area contributed by atoms with E-state index in [2.05, 4.69) is 36.4 Å². The van der Waals surface area contributed by atoms with Crippen molar-refractivity contribution < 1.29 is 9.53 Å². The molecule has 1 atom stereocenters. The second-order valence-electron chi connectivity index (χ2n) is 7.07. The summed E-state index contributed by atoms with van der Waals surface area (Å²) in [6, 6.07) is 22.4. The Hall–Kier alpha value is -2.81. The Bertz CT molecular complexity index is 938. The maximum atomic E-state index is 12.9. The molecule has 3 nitrogen and oxygen atoms in total. The summed E-state index contributed by atoms with van der Waals surface area (Å²) in [6.07, 6.45) is 0. The van der Waals surface area contributed by atoms with Gasteiger partial charge in [-0.25, -0.2) is 0 Å². The third-order valence-corrected chi connectivity index (χ3v) is 5.18. The number of carbonyl (C=O) groups is 1. The molecule has 1 heterocycles. The van der Waals surface area contributed by atoms with E-state index >= 15 is 0 Å². The molecule has 0 saturated carbocycles. The van der Waals surface area contributed by atoms with Crippen LogP contribution in [0, 0.1) is 5.41 Å². The molecular weight excluding hydrogens is 310 g/mol. The highest BCUT2D eigenvalue weighted by molar-refractivity contribution is 6.07. The highest BCUT2D eigenvalue weighted by Gasteiger charge is 2.55. The van der Waals surface area contributed by atoms with Crippen LogP contribution in [0.4, 0.5) is 5.69 Å². The number of nitrogens with zero attached hydrogens (tertiary/aromatic N) is 1. The van der Waals surface area contributed by atoms with Crippen LogP contribution in [-0.2, 0) is 4.79 Å². The second kappa shape index (κ2) is 5.62. The van der Waals surface area contributed by atoms with Gasteiger partial charge in [-0.05, 0) is 54.4 Å². The molecule has 0 aliphatic carbocycles. The molecule has 1 fully saturated rings. The van der Waals surface area contributed by atoms with Crippen LogP contribution in [0.25, 0.3) is 10.8 Å². The Morgan fingerprint density at radius 2 is 1.60 bits per heavy atom. The molecule has 1 amide bonds. The molecule has 1 aliphatic rings. The molecule has 1 aliphatic heterocycles. The number of ether oxygens (including phenoxy) is 1. The quantitative estimate of drug-likeness (QED) is 0.635. The van der Waals surface area contributed by atoms with E-state index in [0.29, 0.717) is 0 Å². The van der Waals surface area contributed by atoms with Crippen molar-refractivity contribution in [2.75, 3.05) is 12.0 Å². The molecule has 0 N–H and O–H groups in total. The van der Waals surface area contributed by atoms with Gasteiger partial charge in [0.05, 0.1) is 18.6 Å². The number of benzene rings is 3. The number of hydrogen-bond donors (Lipinski definition) is 0. The van der Waals surface area contributed by atoms with Gasteiger partial charge in [0.25, 0.3) is 0 Å². The third kappa shape index (κ3) is 2.30. The zero-order valence-electron chi connectivity index (χ0n) is 14.7. The van der Waals surface area contributed by atoms with Crippen molar-refractivity contribution in [1.82, 2.24) is 0 Å². The van der Waals surface area contributed by atoms with Gasteiger partial charge in [0, 0.05) is 5.69 Å². The Kier molecular flexibility index (Phi) is 3.53. The lowest BCUT2D eigenvalue weighted by Gasteiger charge is -2.53. The Balaban J connectivity index is 1.83. The van der Waals surface area contributed by atoms with E-state index in [-0.39, 0.29) is 11.9 Å². The van der Waals surface area contributed by atoms with Crippen LogP contribution in [-0.4, -0.2) is 13.0 Å². The van der Waals surface area contributed by atoms with Crippen LogP contribution in [0.5, 0.6) is 5.75 Å². The van der Waals surface area contributed by atoms with Gasteiger partial charge >= 0.3 is 0 Å². The first-order valence-corrected chi connectivity index (χ1v) is 8.49. The summed E-state index contributed by atoms with van der Waals surface area (Å²) in [5.74, 6) is 0.938. The summed E-state index contributed by atoms with van der Waals surface area (Å²) >= 11 is 0. The molecule has 1 saturated heterocycles. The fourth-order valence-corrected chi connectivity index (χ4v) is 3.83. The molecule has 3 aromatic rings. The zero-order valence-corrected chi connectivity index (χ0v) is 14.7. The molecule has 0 spiro atoms. The van der Waals surface area contributed by atoms with Crippen molar-refractivity contribution in [3.8, 4) is 5.75 Å². The van der Waals surface area contributed by atoms with Gasteiger partial charge in [-0.1, -0.05) is 42.5 Å². The highest BCUT2D eigenvalue weighted by atomic mass is 16.5. The van der Waals surface area contributed by atoms with Crippen molar-refractivity contribution in [3.63, 3.8) is 0 Å². The molecule has 25 heavy (non-hydrogen) atoms. The number of hydrogen-bond acceptors (Lipinski definition) is 2. The van der Waals surface area contributed by atoms with E-state index < -0.39 is 5.41 Å². The van der Waals surface area contributed by atoms with Gasteiger partial charge in [-0.15, -0.1) is 0 Å². The van der Waals surface area contributed by atoms with Crippen LogP contribution < -0.4 is 9.64 Å². The maximum Gasteiger partial charge on any atom is 0.235 e. The van der Waals surface area contributed by atoms with Crippen LogP contribution in [0.3, 0.4) is 0 Å². The second-order valence-corrected chi connectivity index (χ2v) is 7.07. The summed E-state index contributed by atoms with van der Waals surface area (Å²) in [7, 11) is 1.64. The molecule has 3 heteroatoms. The van der Waals surface area contributed by atoms with E-state index in [1.807, 2.05) is 49.1 Å². The molecule has 3 aromatic carbocycles. The monoisotopic (exact) mass is 331 g/mol. The first-order valence-electron chi connectivity index (χ1n) is 8.49. The smallest absolute Gasteiger partial charge is 0.235 e. The summed E-state index contributed by atoms with van der Waals surface area (Å²) in [6.45, 7) is 4.06. The normalized spacial score (nSPS) is 18.9. The van der Waals surface area contributed by atoms with Gasteiger partial charge < -0.3 is 9.64 Å². The fraction of sp³-hybridized carbons (Fsp3) is 0.227. The van der Waals surface area contributed by atoms with Gasteiger partial charge in [-0.3, -0.25) is 4.79 Å². The van der Waals surface area contributed by atoms with Crippen molar-refractivity contribution in [3.05, 3.63) is 72.3 Å². The lowest BCUT2D eigenvalue weighted by atomic mass is 9.69. The number of β-lactam (4-membered cyclic amide) rings is 1. The first-order chi connectivity index (χ1) is 12.0. The van der Waals surface area contributed by atoms with Crippen LogP contribution in [0.1, 0.15) is 25.5 Å². The number of carbonyl (C=O) groups excluding carboxylic acids is 1. The van der Waals surface area contributed by atoms with E-state index in [1.165, 1.54) is 16.3 Å². The van der Waals surface area contributed by atoms with E-state index in [1.54, 1.807) is 7.11 Å². The first kappa shape index (κ1) is 15.7. The summed E-state index contributed by atoms with van der Waals surface area (Å²) < 4.78 is 5.23. The Morgan fingerprint density at radius 1 is 0.920 bits per heavy atom. The molecule has 0 radical (unpaired) electrons. The zero-order chi connectivity index (χ0) is 17.6. The SMILES string of the molecule is COc1ccc(N2C(=O)C(C)(C)[C@@H]2c2cccc3ccccc23)cc1. The van der Waals surface area contributed by atoms with E-state index in [0.717, 1.165) is 11.4 Å². The fourth-order valence-electron chi connectivity index (χ4n) is 3.83. The summed E-state index contributed by atoms with van der Waals surface area (Å²) in [4.78, 5) is 14.8. The van der Waals surface area contributed by atoms with Crippen LogP contribution >= 0.6 is 0 Å². The molecule has 0 unspecified atom stereocenters. The van der Waals surface area contributed by atoms with Crippen molar-refractivity contribution in [1.29, 1.82) is 0 Å². The average Bonchev–Trinajstić information content (AvgIpc) is 2.65. The van der Waals surface area contributed by atoms with Crippen molar-refractivity contribution in [2.45, 2.75) is 19.9 Å². The largest absolute Gasteiger partial charge is 0.497 e. The topological polar surface area (TPSA) is 29.5 Å². The number of rotatable bonds is 3. The summed E-state index contributed by atoms with van der Waals surface area (Å²) in [5, 5.41) is 2.40. The number of fused-ring (bicyclic) bond motifs is 1. The number of methoxy groups -OCH3 is 1. The van der Waals surface area contributed by atoms with Crippen molar-refractivity contribution >= 4 is 22.4 Å². The maximum absolute atomic E-state index is 12.9. The summed E-state index contributed by atoms with van der Waals surface area (Å²) in [5.41, 5.74) is 1.67. The highest BCUT2D eigenvalue weighted by Crippen LogP contribution is 2.53. The predicted octanol–water partition coefficient (Wildman–Crippen LogP) is 4.96. The third-order valence-electron chi connectivity index (χ3n) is 5.18. The van der Waals surface area contributed by atoms with Crippen LogP contribution in [0.15, 0.2) is 66.7 Å². The van der Waals surface area contributed by atoms with Gasteiger partial charge in [0.2, 0.25) is 5.91 Å². The molecule has 4 rings (SSSR count). The van der Waals surface area contributed by atoms with E-state index in [9.17, 15) is 4.79 Å². The number of amides is 1. The molecule has 0 bridgehead atoms. The molecule has 0 aromatic heterocycles. The van der Waals surface area contributed by atoms with Gasteiger partial charge in [0.15, 0.2) is 0 Å². The average molecular weight is 331 g/mol. The minimum atomic E-state index is -0.427. The van der Waals surface area contributed by atoms with Gasteiger partial charge in [0.1, 0.15) is 5.75 Å². The lowest BCUT2D eigenvalue weighted by molar-refractivity contribution is -0.137. The predicted molar refractivity (Wildman–Crippen MR) is 101 cm³/mol. The lowest BCUT2D eigenvalue weighted by Crippen LogP contribution is -2.61. The van der Waals surface area contributed by atoms with Gasteiger partial charge in [-0.2, -0.15) is 0 Å². The van der Waals surface area contributed by atoms with Crippen LogP contribution in [0.2, 0.25) is 0 Å². The standard InChI is InChI=1S/C22H21NO2/c1-22(2)20(19-10-6-8-15-7-4-5-9-18(15)19)23(21(22)24)16-11-13-17(25-3)14-12-16/h4-14,20H,1-3H3/t20-/m0/s1. The van der Waals surface area contributed by atoms with Crippen molar-refractivity contribution in [2.24, 2.45) is 5.41 Å². The minimum absolute atomic E-state index is 0.0134. The van der Waals surface area contributed by atoms with E-state index in [4.69, 9.17) is 4.74 Å². The molecular formula is C22H21NO2. The molecule has 126 valence electrons.